The SMILES string of the molecule is COC(=O)c1ccc(C#N)c(C)c1CCl. The number of nitrogens with zero attached hydrogens (tertiary/aromatic N) is 1. The van der Waals surface area contributed by atoms with Gasteiger partial charge in [0.25, 0.3) is 0 Å². The molecule has 15 heavy (non-hydrogen) atoms. The fraction of sp³-hybridized carbons (Fsp3) is 0.273. The maximum atomic E-state index is 11.4. The largest absolute Gasteiger partial charge is 0.465 e. The smallest absolute Gasteiger partial charge is 0.338 e. The van der Waals surface area contributed by atoms with Gasteiger partial charge in [0.05, 0.1) is 24.3 Å². The molecule has 0 heterocycles. The first-order valence-corrected chi connectivity index (χ1v) is 4.86. The Bertz CT molecular complexity index is 435. The van der Waals surface area contributed by atoms with Crippen LogP contribution in [0, 0.1) is 18.3 Å². The number of benzene rings is 1. The second kappa shape index (κ2) is 4.81. The summed E-state index contributed by atoms with van der Waals surface area (Å²) >= 11 is 5.75. The lowest BCUT2D eigenvalue weighted by molar-refractivity contribution is 0.0599. The van der Waals surface area contributed by atoms with Gasteiger partial charge in [-0.1, -0.05) is 0 Å². The molecule has 1 rings (SSSR count). The van der Waals surface area contributed by atoms with E-state index in [1.165, 1.54) is 7.11 Å². The number of methoxy groups -OCH3 is 1. The molecule has 78 valence electrons. The fourth-order valence-electron chi connectivity index (χ4n) is 1.35. The summed E-state index contributed by atoms with van der Waals surface area (Å²) in [4.78, 5) is 11.4. The van der Waals surface area contributed by atoms with E-state index in [-0.39, 0.29) is 5.88 Å². The van der Waals surface area contributed by atoms with E-state index < -0.39 is 5.97 Å². The first kappa shape index (κ1) is 11.5. The van der Waals surface area contributed by atoms with E-state index in [2.05, 4.69) is 4.74 Å². The number of esters is 1. The second-order valence-electron chi connectivity index (χ2n) is 3.00. The van der Waals surface area contributed by atoms with Crippen molar-refractivity contribution < 1.29 is 9.53 Å². The summed E-state index contributed by atoms with van der Waals surface area (Å²) in [5, 5.41) is 8.82. The molecule has 0 N–H and O–H groups in total. The molecule has 0 atom stereocenters. The Hall–Kier alpha value is -1.53. The van der Waals surface area contributed by atoms with Crippen LogP contribution in [-0.2, 0) is 10.6 Å². The van der Waals surface area contributed by atoms with Crippen molar-refractivity contribution in [3.8, 4) is 6.07 Å². The number of hydrogen-bond donors (Lipinski definition) is 0. The third kappa shape index (κ3) is 2.11. The molecule has 0 spiro atoms. The molecule has 0 saturated carbocycles. The number of halogens is 1. The Balaban J connectivity index is 3.39. The summed E-state index contributed by atoms with van der Waals surface area (Å²) in [6.45, 7) is 1.77. The van der Waals surface area contributed by atoms with Gasteiger partial charge in [-0.3, -0.25) is 0 Å². The zero-order chi connectivity index (χ0) is 11.4. The van der Waals surface area contributed by atoms with Crippen LogP contribution in [0.25, 0.3) is 0 Å². The molecular weight excluding hydrogens is 214 g/mol. The van der Waals surface area contributed by atoms with Crippen molar-refractivity contribution in [2.75, 3.05) is 7.11 Å². The van der Waals surface area contributed by atoms with Crippen molar-refractivity contribution in [2.24, 2.45) is 0 Å². The average molecular weight is 224 g/mol. The van der Waals surface area contributed by atoms with Crippen LogP contribution in [0.2, 0.25) is 0 Å². The van der Waals surface area contributed by atoms with Crippen LogP contribution in [0.1, 0.15) is 27.0 Å². The van der Waals surface area contributed by atoms with Crippen LogP contribution in [0.4, 0.5) is 0 Å². The highest BCUT2D eigenvalue weighted by Gasteiger charge is 2.15. The van der Waals surface area contributed by atoms with Crippen molar-refractivity contribution in [1.29, 1.82) is 5.26 Å². The average Bonchev–Trinajstić information content (AvgIpc) is 2.27. The van der Waals surface area contributed by atoms with E-state index in [9.17, 15) is 4.79 Å². The molecule has 3 nitrogen and oxygen atoms in total. The highest BCUT2D eigenvalue weighted by Crippen LogP contribution is 2.20. The summed E-state index contributed by atoms with van der Waals surface area (Å²) in [6.07, 6.45) is 0. The van der Waals surface area contributed by atoms with Crippen LogP contribution >= 0.6 is 11.6 Å². The van der Waals surface area contributed by atoms with Gasteiger partial charge in [0.2, 0.25) is 0 Å². The van der Waals surface area contributed by atoms with Crippen molar-refractivity contribution in [1.82, 2.24) is 0 Å². The molecule has 0 bridgehead atoms. The normalized spacial score (nSPS) is 9.47. The number of carbonyl (C=O) groups excluding carboxylic acids is 1. The van der Waals surface area contributed by atoms with Crippen LogP contribution < -0.4 is 0 Å². The third-order valence-electron chi connectivity index (χ3n) is 2.26. The van der Waals surface area contributed by atoms with Crippen LogP contribution in [0.15, 0.2) is 12.1 Å². The van der Waals surface area contributed by atoms with Crippen LogP contribution in [0.5, 0.6) is 0 Å². The molecule has 0 aliphatic rings. The molecule has 0 aliphatic carbocycles. The highest BCUT2D eigenvalue weighted by atomic mass is 35.5. The van der Waals surface area contributed by atoms with E-state index in [4.69, 9.17) is 16.9 Å². The number of nitriles is 1. The molecule has 4 heteroatoms. The first-order valence-electron chi connectivity index (χ1n) is 4.32. The van der Waals surface area contributed by atoms with E-state index in [0.29, 0.717) is 16.7 Å². The summed E-state index contributed by atoms with van der Waals surface area (Å²) in [5.74, 6) is -0.246. The van der Waals surface area contributed by atoms with Gasteiger partial charge in [-0.2, -0.15) is 5.26 Å². The monoisotopic (exact) mass is 223 g/mol. The molecular formula is C11H10ClNO2. The van der Waals surface area contributed by atoms with E-state index >= 15 is 0 Å². The quantitative estimate of drug-likeness (QED) is 0.571. The fourth-order valence-corrected chi connectivity index (χ4v) is 1.70. The summed E-state index contributed by atoms with van der Waals surface area (Å²) < 4.78 is 4.63. The molecule has 0 amide bonds. The molecule has 0 saturated heterocycles. The predicted molar refractivity (Wildman–Crippen MR) is 56.8 cm³/mol. The predicted octanol–water partition coefficient (Wildman–Crippen LogP) is 2.39. The number of hydrogen-bond acceptors (Lipinski definition) is 3. The maximum absolute atomic E-state index is 11.4. The Kier molecular flexibility index (Phi) is 3.70. The lowest BCUT2D eigenvalue weighted by Crippen LogP contribution is -2.07. The minimum atomic E-state index is -0.432. The van der Waals surface area contributed by atoms with Gasteiger partial charge in [0.1, 0.15) is 0 Å². The topological polar surface area (TPSA) is 50.1 Å². The Morgan fingerprint density at radius 1 is 1.60 bits per heavy atom. The zero-order valence-corrected chi connectivity index (χ0v) is 9.26. The van der Waals surface area contributed by atoms with Gasteiger partial charge >= 0.3 is 5.97 Å². The molecule has 0 unspecified atom stereocenters. The standard InChI is InChI=1S/C11H10ClNO2/c1-7-8(6-13)3-4-9(10(7)5-12)11(14)15-2/h3-4H,5H2,1-2H3. The third-order valence-corrected chi connectivity index (χ3v) is 2.53. The van der Waals surface area contributed by atoms with Crippen molar-refractivity contribution in [3.63, 3.8) is 0 Å². The number of rotatable bonds is 2. The lowest BCUT2D eigenvalue weighted by atomic mass is 9.98. The van der Waals surface area contributed by atoms with Gasteiger partial charge in [-0.15, -0.1) is 11.6 Å². The number of carbonyl (C=O) groups is 1. The Labute approximate surface area is 93.2 Å². The summed E-state index contributed by atoms with van der Waals surface area (Å²) in [5.41, 5.74) is 2.33. The van der Waals surface area contributed by atoms with E-state index in [1.807, 2.05) is 6.07 Å². The second-order valence-corrected chi connectivity index (χ2v) is 3.27. The van der Waals surface area contributed by atoms with Crippen molar-refractivity contribution >= 4 is 17.6 Å². The molecule has 1 aromatic carbocycles. The highest BCUT2D eigenvalue weighted by molar-refractivity contribution is 6.17. The van der Waals surface area contributed by atoms with Gasteiger partial charge < -0.3 is 4.74 Å². The Morgan fingerprint density at radius 2 is 2.27 bits per heavy atom. The first-order chi connectivity index (χ1) is 7.15. The molecule has 0 aromatic heterocycles. The molecule has 1 aromatic rings. The molecule has 0 fully saturated rings. The maximum Gasteiger partial charge on any atom is 0.338 e. The van der Waals surface area contributed by atoms with Gasteiger partial charge in [-0.25, -0.2) is 4.79 Å². The van der Waals surface area contributed by atoms with Gasteiger partial charge in [0, 0.05) is 5.88 Å². The Morgan fingerprint density at radius 3 is 2.73 bits per heavy atom. The molecule has 0 radical (unpaired) electrons. The van der Waals surface area contributed by atoms with Crippen molar-refractivity contribution in [2.45, 2.75) is 12.8 Å². The van der Waals surface area contributed by atoms with Gasteiger partial charge in [-0.05, 0) is 30.2 Å². The van der Waals surface area contributed by atoms with Crippen LogP contribution in [-0.4, -0.2) is 13.1 Å². The minimum absolute atomic E-state index is 0.186. The molecule has 0 aliphatic heterocycles. The van der Waals surface area contributed by atoms with Crippen LogP contribution in [0.3, 0.4) is 0 Å². The summed E-state index contributed by atoms with van der Waals surface area (Å²) in [7, 11) is 1.31. The number of alkyl halides is 1. The van der Waals surface area contributed by atoms with E-state index in [1.54, 1.807) is 19.1 Å². The van der Waals surface area contributed by atoms with Gasteiger partial charge in [0.15, 0.2) is 0 Å². The van der Waals surface area contributed by atoms with Crippen molar-refractivity contribution in [3.05, 3.63) is 34.4 Å². The zero-order valence-electron chi connectivity index (χ0n) is 8.50. The lowest BCUT2D eigenvalue weighted by Gasteiger charge is -2.09. The van der Waals surface area contributed by atoms with E-state index in [0.717, 1.165) is 5.56 Å². The summed E-state index contributed by atoms with van der Waals surface area (Å²) in [6, 6.07) is 5.20. The minimum Gasteiger partial charge on any atom is -0.465 e. The number of ether oxygens (including phenoxy) is 1.